The van der Waals surface area contributed by atoms with Crippen LogP contribution in [0.25, 0.3) is 16.4 Å². The Hall–Kier alpha value is -2.48. The van der Waals surface area contributed by atoms with Crippen LogP contribution in [0.3, 0.4) is 0 Å². The SMILES string of the molecule is Cc1nnc(-n2nnc(C=O)c2-c2ccccc2F)s1. The molecule has 0 saturated carbocycles. The number of benzene rings is 1. The van der Waals surface area contributed by atoms with Gasteiger partial charge in [-0.25, -0.2) is 4.39 Å². The summed E-state index contributed by atoms with van der Waals surface area (Å²) in [5.74, 6) is -0.458. The molecule has 0 fully saturated rings. The Kier molecular flexibility index (Phi) is 3.07. The normalized spacial score (nSPS) is 10.7. The molecule has 0 aliphatic carbocycles. The van der Waals surface area contributed by atoms with Gasteiger partial charge in [0.1, 0.15) is 16.5 Å². The lowest BCUT2D eigenvalue weighted by Gasteiger charge is -2.04. The number of hydrogen-bond donors (Lipinski definition) is 0. The number of rotatable bonds is 3. The molecule has 2 aromatic heterocycles. The molecule has 0 aliphatic heterocycles. The fraction of sp³-hybridized carbons (Fsp3) is 0.0833. The highest BCUT2D eigenvalue weighted by Gasteiger charge is 2.20. The predicted octanol–water partition coefficient (Wildman–Crippen LogP) is 2.05. The highest BCUT2D eigenvalue weighted by molar-refractivity contribution is 7.13. The van der Waals surface area contributed by atoms with Gasteiger partial charge in [0.25, 0.3) is 0 Å². The van der Waals surface area contributed by atoms with E-state index in [1.54, 1.807) is 25.1 Å². The van der Waals surface area contributed by atoms with Crippen molar-refractivity contribution in [2.24, 2.45) is 0 Å². The molecule has 8 heteroatoms. The van der Waals surface area contributed by atoms with E-state index in [2.05, 4.69) is 20.5 Å². The highest BCUT2D eigenvalue weighted by atomic mass is 32.1. The van der Waals surface area contributed by atoms with Gasteiger partial charge >= 0.3 is 0 Å². The van der Waals surface area contributed by atoms with Crippen LogP contribution in [0.2, 0.25) is 0 Å². The average molecular weight is 289 g/mol. The third-order valence-corrected chi connectivity index (χ3v) is 3.45. The summed E-state index contributed by atoms with van der Waals surface area (Å²) in [7, 11) is 0. The lowest BCUT2D eigenvalue weighted by atomic mass is 10.1. The van der Waals surface area contributed by atoms with E-state index >= 15 is 0 Å². The number of nitrogens with zero attached hydrogens (tertiary/aromatic N) is 5. The van der Waals surface area contributed by atoms with E-state index in [9.17, 15) is 9.18 Å². The van der Waals surface area contributed by atoms with Crippen LogP contribution in [0, 0.1) is 12.7 Å². The smallest absolute Gasteiger partial charge is 0.234 e. The van der Waals surface area contributed by atoms with Crippen molar-refractivity contribution in [2.45, 2.75) is 6.92 Å². The van der Waals surface area contributed by atoms with Crippen molar-refractivity contribution in [1.29, 1.82) is 0 Å². The fourth-order valence-corrected chi connectivity index (χ4v) is 2.43. The van der Waals surface area contributed by atoms with Crippen LogP contribution in [0.5, 0.6) is 0 Å². The molecule has 0 radical (unpaired) electrons. The summed E-state index contributed by atoms with van der Waals surface area (Å²) in [5.41, 5.74) is 0.574. The van der Waals surface area contributed by atoms with Gasteiger partial charge in [0, 0.05) is 5.56 Å². The second-order valence-electron chi connectivity index (χ2n) is 3.94. The van der Waals surface area contributed by atoms with Gasteiger partial charge in [-0.1, -0.05) is 28.7 Å². The van der Waals surface area contributed by atoms with Gasteiger partial charge < -0.3 is 0 Å². The second kappa shape index (κ2) is 4.89. The summed E-state index contributed by atoms with van der Waals surface area (Å²) in [6.07, 6.45) is 0.541. The van der Waals surface area contributed by atoms with Gasteiger partial charge in [-0.05, 0) is 19.1 Å². The summed E-state index contributed by atoms with van der Waals surface area (Å²) in [6, 6.07) is 6.12. The maximum atomic E-state index is 14.0. The Balaban J connectivity index is 2.26. The van der Waals surface area contributed by atoms with Crippen molar-refractivity contribution in [3.8, 4) is 16.4 Å². The zero-order chi connectivity index (χ0) is 14.1. The number of halogens is 1. The standard InChI is InChI=1S/C12H8FN5OS/c1-7-14-16-12(20-7)18-11(10(6-19)15-17-18)8-4-2-3-5-9(8)13/h2-6H,1H3. The monoisotopic (exact) mass is 289 g/mol. The Bertz CT molecular complexity index is 782. The molecule has 0 unspecified atom stereocenters. The number of carbonyl (C=O) groups excluding carboxylic acids is 1. The summed E-state index contributed by atoms with van der Waals surface area (Å²) >= 11 is 1.28. The van der Waals surface area contributed by atoms with Crippen molar-refractivity contribution in [2.75, 3.05) is 0 Å². The first-order valence-electron chi connectivity index (χ1n) is 5.67. The molecule has 3 rings (SSSR count). The molecule has 0 N–H and O–H groups in total. The molecule has 6 nitrogen and oxygen atoms in total. The second-order valence-corrected chi connectivity index (χ2v) is 5.10. The number of carbonyl (C=O) groups is 1. The number of aldehydes is 1. The van der Waals surface area contributed by atoms with Gasteiger partial charge in [-0.2, -0.15) is 4.68 Å². The lowest BCUT2D eigenvalue weighted by Crippen LogP contribution is -2.01. The van der Waals surface area contributed by atoms with Crippen LogP contribution in [-0.4, -0.2) is 31.5 Å². The molecule has 20 heavy (non-hydrogen) atoms. The summed E-state index contributed by atoms with van der Waals surface area (Å²) in [5, 5.41) is 16.6. The molecule has 0 aliphatic rings. The molecule has 0 saturated heterocycles. The lowest BCUT2D eigenvalue weighted by molar-refractivity contribution is 0.111. The Morgan fingerprint density at radius 2 is 2.05 bits per heavy atom. The van der Waals surface area contributed by atoms with Crippen molar-refractivity contribution < 1.29 is 9.18 Å². The molecule has 1 aromatic carbocycles. The number of hydrogen-bond acceptors (Lipinski definition) is 6. The minimum atomic E-state index is -0.458. The molecule has 0 bridgehead atoms. The predicted molar refractivity (Wildman–Crippen MR) is 70.3 cm³/mol. The largest absolute Gasteiger partial charge is 0.296 e. The molecule has 100 valence electrons. The highest BCUT2D eigenvalue weighted by Crippen LogP contribution is 2.27. The van der Waals surface area contributed by atoms with Gasteiger partial charge in [0.15, 0.2) is 12.0 Å². The topological polar surface area (TPSA) is 73.6 Å². The van der Waals surface area contributed by atoms with E-state index < -0.39 is 5.82 Å². The summed E-state index contributed by atoms with van der Waals surface area (Å²) in [4.78, 5) is 11.1. The minimum Gasteiger partial charge on any atom is -0.296 e. The van der Waals surface area contributed by atoms with Crippen LogP contribution < -0.4 is 0 Å². The van der Waals surface area contributed by atoms with E-state index in [0.717, 1.165) is 5.01 Å². The minimum absolute atomic E-state index is 0.0583. The zero-order valence-electron chi connectivity index (χ0n) is 10.3. The van der Waals surface area contributed by atoms with Gasteiger partial charge in [0.05, 0.1) is 0 Å². The fourth-order valence-electron chi connectivity index (χ4n) is 1.78. The van der Waals surface area contributed by atoms with Crippen LogP contribution in [0.4, 0.5) is 4.39 Å². The zero-order valence-corrected chi connectivity index (χ0v) is 11.1. The quantitative estimate of drug-likeness (QED) is 0.690. The van der Waals surface area contributed by atoms with Crippen LogP contribution in [0.15, 0.2) is 24.3 Å². The Morgan fingerprint density at radius 3 is 2.70 bits per heavy atom. The third kappa shape index (κ3) is 1.99. The van der Waals surface area contributed by atoms with E-state index in [1.807, 2.05) is 0 Å². The maximum Gasteiger partial charge on any atom is 0.234 e. The van der Waals surface area contributed by atoms with E-state index in [0.29, 0.717) is 11.4 Å². The summed E-state index contributed by atoms with van der Waals surface area (Å²) < 4.78 is 15.3. The molecular weight excluding hydrogens is 281 g/mol. The van der Waals surface area contributed by atoms with Crippen molar-refractivity contribution in [3.63, 3.8) is 0 Å². The molecule has 2 heterocycles. The van der Waals surface area contributed by atoms with Crippen LogP contribution >= 0.6 is 11.3 Å². The molecular formula is C12H8FN5OS. The first kappa shape index (κ1) is 12.5. The first-order valence-corrected chi connectivity index (χ1v) is 6.48. The number of aromatic nitrogens is 5. The Labute approximate surface area is 116 Å². The van der Waals surface area contributed by atoms with Crippen LogP contribution in [-0.2, 0) is 0 Å². The van der Waals surface area contributed by atoms with Crippen LogP contribution in [0.1, 0.15) is 15.5 Å². The third-order valence-electron chi connectivity index (χ3n) is 2.63. The van der Waals surface area contributed by atoms with Gasteiger partial charge in [-0.15, -0.1) is 15.3 Å². The van der Waals surface area contributed by atoms with E-state index in [1.165, 1.54) is 22.1 Å². The first-order chi connectivity index (χ1) is 9.70. The van der Waals surface area contributed by atoms with E-state index in [4.69, 9.17) is 0 Å². The average Bonchev–Trinajstić information content (AvgIpc) is 3.05. The van der Waals surface area contributed by atoms with E-state index in [-0.39, 0.29) is 17.0 Å². The number of aryl methyl sites for hydroxylation is 1. The molecule has 0 spiro atoms. The molecule has 3 aromatic rings. The van der Waals surface area contributed by atoms with Crippen molar-refractivity contribution in [3.05, 3.63) is 40.8 Å². The molecule has 0 atom stereocenters. The van der Waals surface area contributed by atoms with Gasteiger partial charge in [0.2, 0.25) is 5.13 Å². The molecule has 0 amide bonds. The van der Waals surface area contributed by atoms with Crippen molar-refractivity contribution in [1.82, 2.24) is 25.2 Å². The van der Waals surface area contributed by atoms with Crippen molar-refractivity contribution >= 4 is 17.6 Å². The maximum absolute atomic E-state index is 14.0. The summed E-state index contributed by atoms with van der Waals surface area (Å²) in [6.45, 7) is 1.79. The Morgan fingerprint density at radius 1 is 1.25 bits per heavy atom. The van der Waals surface area contributed by atoms with Gasteiger partial charge in [-0.3, -0.25) is 4.79 Å².